The molecule has 1 aromatic rings. The van der Waals surface area contributed by atoms with E-state index < -0.39 is 0 Å². The lowest BCUT2D eigenvalue weighted by molar-refractivity contribution is 0.464. The SMILES string of the molecule is Cc1ccc(C(C)C(C)CCN)s1. The zero-order valence-corrected chi connectivity index (χ0v) is 9.53. The van der Waals surface area contributed by atoms with Crippen LogP contribution in [0.15, 0.2) is 12.1 Å². The summed E-state index contributed by atoms with van der Waals surface area (Å²) in [6, 6.07) is 4.45. The first-order chi connectivity index (χ1) is 6.15. The van der Waals surface area contributed by atoms with Gasteiger partial charge in [-0.15, -0.1) is 11.3 Å². The second kappa shape index (κ2) is 4.77. The quantitative estimate of drug-likeness (QED) is 0.788. The van der Waals surface area contributed by atoms with Gasteiger partial charge < -0.3 is 5.73 Å². The maximum atomic E-state index is 5.55. The number of thiophene rings is 1. The highest BCUT2D eigenvalue weighted by molar-refractivity contribution is 7.12. The molecular weight excluding hydrogens is 178 g/mol. The largest absolute Gasteiger partial charge is 0.330 e. The van der Waals surface area contributed by atoms with E-state index in [9.17, 15) is 0 Å². The lowest BCUT2D eigenvalue weighted by Gasteiger charge is -2.17. The normalized spacial score (nSPS) is 15.7. The average molecular weight is 197 g/mol. The van der Waals surface area contributed by atoms with Crippen LogP contribution in [0.4, 0.5) is 0 Å². The molecule has 1 heterocycles. The minimum atomic E-state index is 0.655. The van der Waals surface area contributed by atoms with Crippen molar-refractivity contribution in [2.24, 2.45) is 11.7 Å². The molecule has 74 valence electrons. The predicted molar refractivity (Wildman–Crippen MR) is 60.3 cm³/mol. The summed E-state index contributed by atoms with van der Waals surface area (Å²) < 4.78 is 0. The van der Waals surface area contributed by atoms with Gasteiger partial charge in [0.05, 0.1) is 0 Å². The van der Waals surface area contributed by atoms with Crippen LogP contribution in [0, 0.1) is 12.8 Å². The van der Waals surface area contributed by atoms with Crippen molar-refractivity contribution in [1.82, 2.24) is 0 Å². The van der Waals surface area contributed by atoms with Crippen LogP contribution >= 0.6 is 11.3 Å². The van der Waals surface area contributed by atoms with Crippen molar-refractivity contribution in [2.75, 3.05) is 6.54 Å². The molecule has 0 fully saturated rings. The van der Waals surface area contributed by atoms with E-state index in [0.29, 0.717) is 11.8 Å². The van der Waals surface area contributed by atoms with Crippen LogP contribution in [0.25, 0.3) is 0 Å². The van der Waals surface area contributed by atoms with Crippen LogP contribution in [0.5, 0.6) is 0 Å². The van der Waals surface area contributed by atoms with Crippen LogP contribution in [-0.4, -0.2) is 6.54 Å². The van der Waals surface area contributed by atoms with Crippen molar-refractivity contribution in [3.8, 4) is 0 Å². The Hall–Kier alpha value is -0.340. The monoisotopic (exact) mass is 197 g/mol. The molecule has 0 saturated heterocycles. The molecule has 1 aromatic heterocycles. The highest BCUT2D eigenvalue weighted by Gasteiger charge is 2.14. The van der Waals surface area contributed by atoms with E-state index in [2.05, 4.69) is 32.9 Å². The Morgan fingerprint density at radius 1 is 1.38 bits per heavy atom. The molecule has 2 unspecified atom stereocenters. The van der Waals surface area contributed by atoms with Crippen LogP contribution in [0.2, 0.25) is 0 Å². The zero-order valence-electron chi connectivity index (χ0n) is 8.71. The minimum absolute atomic E-state index is 0.655. The summed E-state index contributed by atoms with van der Waals surface area (Å²) in [7, 11) is 0. The summed E-state index contributed by atoms with van der Waals surface area (Å²) in [5, 5.41) is 0. The van der Waals surface area contributed by atoms with Crippen molar-refractivity contribution in [2.45, 2.75) is 33.1 Å². The molecule has 2 atom stereocenters. The standard InChI is InChI=1S/C11H19NS/c1-8(6-7-12)10(3)11-5-4-9(2)13-11/h4-5,8,10H,6-7,12H2,1-3H3. The second-order valence-electron chi connectivity index (χ2n) is 3.79. The van der Waals surface area contributed by atoms with Crippen molar-refractivity contribution < 1.29 is 0 Å². The van der Waals surface area contributed by atoms with E-state index >= 15 is 0 Å². The van der Waals surface area contributed by atoms with Gasteiger partial charge in [-0.25, -0.2) is 0 Å². The van der Waals surface area contributed by atoms with Crippen LogP contribution in [-0.2, 0) is 0 Å². The maximum absolute atomic E-state index is 5.55. The van der Waals surface area contributed by atoms with E-state index in [4.69, 9.17) is 5.73 Å². The van der Waals surface area contributed by atoms with Gasteiger partial charge in [-0.3, -0.25) is 0 Å². The Balaban J connectivity index is 2.61. The molecule has 0 radical (unpaired) electrons. The molecule has 0 aromatic carbocycles. The molecule has 0 bridgehead atoms. The van der Waals surface area contributed by atoms with E-state index in [1.54, 1.807) is 0 Å². The fraction of sp³-hybridized carbons (Fsp3) is 0.636. The molecule has 0 amide bonds. The maximum Gasteiger partial charge on any atom is 0.00789 e. The van der Waals surface area contributed by atoms with Crippen LogP contribution < -0.4 is 5.73 Å². The molecule has 0 aliphatic rings. The smallest absolute Gasteiger partial charge is 0.00789 e. The second-order valence-corrected chi connectivity index (χ2v) is 5.11. The highest BCUT2D eigenvalue weighted by Crippen LogP contribution is 2.31. The highest BCUT2D eigenvalue weighted by atomic mass is 32.1. The summed E-state index contributed by atoms with van der Waals surface area (Å²) in [6.07, 6.45) is 1.12. The van der Waals surface area contributed by atoms with Crippen molar-refractivity contribution in [3.05, 3.63) is 21.9 Å². The predicted octanol–water partition coefficient (Wildman–Crippen LogP) is 3.14. The van der Waals surface area contributed by atoms with Gasteiger partial charge in [0.2, 0.25) is 0 Å². The third-order valence-electron chi connectivity index (χ3n) is 2.69. The van der Waals surface area contributed by atoms with Crippen molar-refractivity contribution >= 4 is 11.3 Å². The molecule has 1 rings (SSSR count). The topological polar surface area (TPSA) is 26.0 Å². The summed E-state index contributed by atoms with van der Waals surface area (Å²) >= 11 is 1.91. The Bertz CT molecular complexity index is 254. The minimum Gasteiger partial charge on any atom is -0.330 e. The van der Waals surface area contributed by atoms with Crippen LogP contribution in [0.3, 0.4) is 0 Å². The Morgan fingerprint density at radius 3 is 2.54 bits per heavy atom. The van der Waals surface area contributed by atoms with Gasteiger partial charge in [-0.1, -0.05) is 13.8 Å². The fourth-order valence-electron chi connectivity index (χ4n) is 1.49. The van der Waals surface area contributed by atoms with Crippen molar-refractivity contribution in [1.29, 1.82) is 0 Å². The third-order valence-corrected chi connectivity index (χ3v) is 3.89. The molecule has 0 aliphatic carbocycles. The Morgan fingerprint density at radius 2 is 2.08 bits per heavy atom. The molecule has 13 heavy (non-hydrogen) atoms. The fourth-order valence-corrected chi connectivity index (χ4v) is 2.55. The van der Waals surface area contributed by atoms with E-state index in [0.717, 1.165) is 13.0 Å². The first-order valence-corrected chi connectivity index (χ1v) is 5.73. The number of hydrogen-bond donors (Lipinski definition) is 1. The Labute approximate surface area is 85.0 Å². The number of rotatable bonds is 4. The van der Waals surface area contributed by atoms with Crippen LogP contribution in [0.1, 0.15) is 35.9 Å². The first kappa shape index (κ1) is 10.7. The number of nitrogens with two attached hydrogens (primary N) is 1. The molecule has 0 spiro atoms. The van der Waals surface area contributed by atoms with Gasteiger partial charge in [-0.05, 0) is 43.9 Å². The molecule has 0 aliphatic heterocycles. The average Bonchev–Trinajstić information content (AvgIpc) is 2.51. The summed E-state index contributed by atoms with van der Waals surface area (Å²) in [5.41, 5.74) is 5.55. The van der Waals surface area contributed by atoms with E-state index in [1.807, 2.05) is 11.3 Å². The molecule has 2 N–H and O–H groups in total. The van der Waals surface area contributed by atoms with Crippen molar-refractivity contribution in [3.63, 3.8) is 0 Å². The number of aryl methyl sites for hydroxylation is 1. The van der Waals surface area contributed by atoms with Gasteiger partial charge in [0.25, 0.3) is 0 Å². The molecular formula is C11H19NS. The zero-order chi connectivity index (χ0) is 9.84. The first-order valence-electron chi connectivity index (χ1n) is 4.91. The van der Waals surface area contributed by atoms with E-state index in [-0.39, 0.29) is 0 Å². The molecule has 0 saturated carbocycles. The number of hydrogen-bond acceptors (Lipinski definition) is 2. The molecule has 1 nitrogen and oxygen atoms in total. The summed E-state index contributed by atoms with van der Waals surface area (Å²) in [6.45, 7) is 7.54. The Kier molecular flexibility index (Phi) is 3.94. The van der Waals surface area contributed by atoms with Gasteiger partial charge in [-0.2, -0.15) is 0 Å². The van der Waals surface area contributed by atoms with Gasteiger partial charge in [0.1, 0.15) is 0 Å². The van der Waals surface area contributed by atoms with Gasteiger partial charge in [0, 0.05) is 9.75 Å². The van der Waals surface area contributed by atoms with E-state index in [1.165, 1.54) is 9.75 Å². The molecule has 2 heteroatoms. The summed E-state index contributed by atoms with van der Waals surface area (Å²) in [5.74, 6) is 1.35. The van der Waals surface area contributed by atoms with Gasteiger partial charge >= 0.3 is 0 Å². The lowest BCUT2D eigenvalue weighted by atomic mass is 9.92. The third kappa shape index (κ3) is 2.82. The summed E-state index contributed by atoms with van der Waals surface area (Å²) in [4.78, 5) is 2.90. The lowest BCUT2D eigenvalue weighted by Crippen LogP contribution is -2.11. The van der Waals surface area contributed by atoms with Gasteiger partial charge in [0.15, 0.2) is 0 Å².